The molecule has 1 saturated heterocycles. The molecule has 0 N–H and O–H groups in total. The summed E-state index contributed by atoms with van der Waals surface area (Å²) >= 11 is 0. The van der Waals surface area contributed by atoms with Gasteiger partial charge in [0.05, 0.1) is 5.56 Å². The number of para-hydroxylation sites is 1. The van der Waals surface area contributed by atoms with Crippen LogP contribution in [0.15, 0.2) is 24.3 Å². The molecule has 1 aliphatic heterocycles. The monoisotopic (exact) mass is 286 g/mol. The zero-order valence-corrected chi connectivity index (χ0v) is 12.9. The smallest absolute Gasteiger partial charge is 0.263 e. The van der Waals surface area contributed by atoms with Gasteiger partial charge >= 0.3 is 0 Å². The number of hydrogen-bond acceptors (Lipinski definition) is 3. The number of rotatable bonds is 3. The molecule has 1 amide bonds. The van der Waals surface area contributed by atoms with Crippen LogP contribution >= 0.6 is 0 Å². The fourth-order valence-electron chi connectivity index (χ4n) is 2.97. The van der Waals surface area contributed by atoms with Gasteiger partial charge in [-0.1, -0.05) is 12.1 Å². The van der Waals surface area contributed by atoms with Crippen LogP contribution in [0.4, 0.5) is 0 Å². The minimum atomic E-state index is -0.581. The topological polar surface area (TPSA) is 53.3 Å². The number of amides is 1. The molecule has 0 radical (unpaired) electrons. The molecule has 1 fully saturated rings. The number of carbonyl (C=O) groups is 1. The van der Waals surface area contributed by atoms with Gasteiger partial charge in [0.25, 0.3) is 5.91 Å². The van der Waals surface area contributed by atoms with Crippen molar-refractivity contribution >= 4 is 5.91 Å². The molecule has 4 nitrogen and oxygen atoms in total. The number of piperidine rings is 1. The van der Waals surface area contributed by atoms with Crippen molar-refractivity contribution < 1.29 is 9.53 Å². The summed E-state index contributed by atoms with van der Waals surface area (Å²) < 4.78 is 5.73. The number of ether oxygens (including phenoxy) is 1. The molecule has 0 aliphatic carbocycles. The number of hydrogen-bond donors (Lipinski definition) is 0. The molecule has 0 saturated carbocycles. The van der Waals surface area contributed by atoms with Gasteiger partial charge in [-0.15, -0.1) is 0 Å². The lowest BCUT2D eigenvalue weighted by molar-refractivity contribution is -0.144. The first kappa shape index (κ1) is 15.4. The highest BCUT2D eigenvalue weighted by molar-refractivity contribution is 5.81. The van der Waals surface area contributed by atoms with Crippen molar-refractivity contribution in [1.29, 1.82) is 5.26 Å². The van der Waals surface area contributed by atoms with E-state index < -0.39 is 6.10 Å². The van der Waals surface area contributed by atoms with E-state index in [1.54, 1.807) is 31.2 Å². The molecule has 3 unspecified atom stereocenters. The summed E-state index contributed by atoms with van der Waals surface area (Å²) in [6, 6.07) is 9.59. The molecule has 112 valence electrons. The predicted molar refractivity (Wildman–Crippen MR) is 80.9 cm³/mol. The van der Waals surface area contributed by atoms with E-state index in [-0.39, 0.29) is 18.0 Å². The van der Waals surface area contributed by atoms with Crippen molar-refractivity contribution in [3.63, 3.8) is 0 Å². The molecule has 4 heteroatoms. The maximum absolute atomic E-state index is 12.6. The van der Waals surface area contributed by atoms with Crippen LogP contribution in [-0.2, 0) is 4.79 Å². The Bertz CT molecular complexity index is 540. The van der Waals surface area contributed by atoms with Crippen molar-refractivity contribution in [2.24, 2.45) is 0 Å². The van der Waals surface area contributed by atoms with E-state index in [2.05, 4.69) is 19.9 Å². The zero-order chi connectivity index (χ0) is 15.4. The van der Waals surface area contributed by atoms with E-state index in [1.165, 1.54) is 6.42 Å². The Labute approximate surface area is 126 Å². The van der Waals surface area contributed by atoms with Crippen molar-refractivity contribution in [3.05, 3.63) is 29.8 Å². The molecule has 1 aromatic carbocycles. The molecule has 0 aromatic heterocycles. The Hall–Kier alpha value is -2.02. The van der Waals surface area contributed by atoms with Crippen LogP contribution in [0.3, 0.4) is 0 Å². The van der Waals surface area contributed by atoms with Crippen LogP contribution in [0.5, 0.6) is 5.75 Å². The molecule has 1 heterocycles. The Kier molecular flexibility index (Phi) is 4.85. The van der Waals surface area contributed by atoms with Gasteiger partial charge in [-0.2, -0.15) is 5.26 Å². The largest absolute Gasteiger partial charge is 0.480 e. The van der Waals surface area contributed by atoms with E-state index in [9.17, 15) is 4.79 Å². The third-order valence-corrected chi connectivity index (χ3v) is 4.11. The average molecular weight is 286 g/mol. The van der Waals surface area contributed by atoms with E-state index in [0.29, 0.717) is 11.3 Å². The highest BCUT2D eigenvalue weighted by Crippen LogP contribution is 2.25. The first-order valence-corrected chi connectivity index (χ1v) is 7.52. The van der Waals surface area contributed by atoms with E-state index in [0.717, 1.165) is 12.8 Å². The fourth-order valence-corrected chi connectivity index (χ4v) is 2.97. The van der Waals surface area contributed by atoms with Crippen LogP contribution in [0.25, 0.3) is 0 Å². The van der Waals surface area contributed by atoms with E-state index in [4.69, 9.17) is 10.00 Å². The first-order chi connectivity index (χ1) is 10.0. The number of carbonyl (C=O) groups excluding carboxylic acids is 1. The Morgan fingerprint density at radius 1 is 1.33 bits per heavy atom. The van der Waals surface area contributed by atoms with Gasteiger partial charge in [-0.3, -0.25) is 4.79 Å². The summed E-state index contributed by atoms with van der Waals surface area (Å²) in [5, 5.41) is 9.08. The normalized spacial score (nSPS) is 23.2. The van der Waals surface area contributed by atoms with Crippen molar-refractivity contribution in [1.82, 2.24) is 4.90 Å². The SMILES string of the molecule is CC(Oc1ccccc1C#N)C(=O)N1C(C)CCCC1C. The molecular weight excluding hydrogens is 264 g/mol. The van der Waals surface area contributed by atoms with Gasteiger partial charge < -0.3 is 9.64 Å². The quantitative estimate of drug-likeness (QED) is 0.858. The second kappa shape index (κ2) is 6.62. The maximum Gasteiger partial charge on any atom is 0.263 e. The lowest BCUT2D eigenvalue weighted by atomic mass is 9.97. The minimum Gasteiger partial charge on any atom is -0.480 e. The molecule has 1 aromatic rings. The lowest BCUT2D eigenvalue weighted by Crippen LogP contribution is -2.51. The second-order valence-electron chi connectivity index (χ2n) is 5.74. The zero-order valence-electron chi connectivity index (χ0n) is 12.9. The Morgan fingerprint density at radius 2 is 1.95 bits per heavy atom. The van der Waals surface area contributed by atoms with Crippen molar-refractivity contribution in [2.45, 2.75) is 58.2 Å². The molecule has 0 bridgehead atoms. The maximum atomic E-state index is 12.6. The molecule has 3 atom stereocenters. The summed E-state index contributed by atoms with van der Waals surface area (Å²) in [6.07, 6.45) is 2.66. The minimum absolute atomic E-state index is 0.00226. The Balaban J connectivity index is 2.11. The summed E-state index contributed by atoms with van der Waals surface area (Å²) in [5.41, 5.74) is 0.455. The fraction of sp³-hybridized carbons (Fsp3) is 0.529. The van der Waals surface area contributed by atoms with Crippen LogP contribution in [-0.4, -0.2) is 29.0 Å². The summed E-state index contributed by atoms with van der Waals surface area (Å²) in [6.45, 7) is 5.93. The first-order valence-electron chi connectivity index (χ1n) is 7.52. The van der Waals surface area contributed by atoms with Crippen LogP contribution < -0.4 is 4.74 Å². The highest BCUT2D eigenvalue weighted by atomic mass is 16.5. The molecule has 1 aliphatic rings. The summed E-state index contributed by atoms with van der Waals surface area (Å²) in [7, 11) is 0. The molecule has 0 spiro atoms. The average Bonchev–Trinajstić information content (AvgIpc) is 2.47. The van der Waals surface area contributed by atoms with Gasteiger partial charge in [-0.25, -0.2) is 0 Å². The van der Waals surface area contributed by atoms with Gasteiger partial charge in [0.15, 0.2) is 6.10 Å². The van der Waals surface area contributed by atoms with Gasteiger partial charge in [0, 0.05) is 12.1 Å². The number of nitriles is 1. The molecular formula is C17H22N2O2. The van der Waals surface area contributed by atoms with Gasteiger partial charge in [-0.05, 0) is 52.2 Å². The standard InChI is InChI=1S/C17H22N2O2/c1-12-7-6-8-13(2)19(12)17(20)14(3)21-16-10-5-4-9-15(16)11-18/h4-5,9-10,12-14H,6-8H2,1-3H3. The van der Waals surface area contributed by atoms with E-state index >= 15 is 0 Å². The van der Waals surface area contributed by atoms with Crippen LogP contribution in [0.1, 0.15) is 45.6 Å². The predicted octanol–water partition coefficient (Wildman–Crippen LogP) is 3.12. The van der Waals surface area contributed by atoms with Gasteiger partial charge in [0.1, 0.15) is 11.8 Å². The van der Waals surface area contributed by atoms with Gasteiger partial charge in [0.2, 0.25) is 0 Å². The second-order valence-corrected chi connectivity index (χ2v) is 5.74. The molecule has 21 heavy (non-hydrogen) atoms. The molecule has 2 rings (SSSR count). The summed E-state index contributed by atoms with van der Waals surface area (Å²) in [5.74, 6) is 0.473. The summed E-state index contributed by atoms with van der Waals surface area (Å²) in [4.78, 5) is 14.6. The highest BCUT2D eigenvalue weighted by Gasteiger charge is 2.32. The third kappa shape index (κ3) is 3.36. The number of likely N-dealkylation sites (tertiary alicyclic amines) is 1. The van der Waals surface area contributed by atoms with E-state index in [1.807, 2.05) is 4.90 Å². The van der Waals surface area contributed by atoms with Crippen LogP contribution in [0, 0.1) is 11.3 Å². The Morgan fingerprint density at radius 3 is 2.57 bits per heavy atom. The third-order valence-electron chi connectivity index (χ3n) is 4.11. The number of benzene rings is 1. The lowest BCUT2D eigenvalue weighted by Gasteiger charge is -2.40. The van der Waals surface area contributed by atoms with Crippen molar-refractivity contribution in [2.75, 3.05) is 0 Å². The van der Waals surface area contributed by atoms with Crippen LogP contribution in [0.2, 0.25) is 0 Å². The number of nitrogens with zero attached hydrogens (tertiary/aromatic N) is 2. The van der Waals surface area contributed by atoms with Crippen molar-refractivity contribution in [3.8, 4) is 11.8 Å².